The van der Waals surface area contributed by atoms with E-state index in [9.17, 15) is 14.4 Å². The van der Waals surface area contributed by atoms with Gasteiger partial charge in [0, 0.05) is 11.3 Å². The Kier molecular flexibility index (Phi) is 7.39. The Morgan fingerprint density at radius 3 is 2.06 bits per heavy atom. The maximum atomic E-state index is 12.5. The van der Waals surface area contributed by atoms with Crippen LogP contribution in [0.2, 0.25) is 0 Å². The van der Waals surface area contributed by atoms with E-state index in [0.717, 1.165) is 16.7 Å². The lowest BCUT2D eigenvalue weighted by molar-refractivity contribution is -0.154. The molecule has 0 radical (unpaired) electrons. The molecule has 164 valence electrons. The molecule has 6 nitrogen and oxygen atoms in total. The van der Waals surface area contributed by atoms with E-state index in [4.69, 9.17) is 9.47 Å². The van der Waals surface area contributed by atoms with Crippen molar-refractivity contribution in [3.63, 3.8) is 0 Å². The summed E-state index contributed by atoms with van der Waals surface area (Å²) in [6, 6.07) is 21.1. The summed E-state index contributed by atoms with van der Waals surface area (Å²) in [5.41, 5.74) is 4.28. The minimum atomic E-state index is -1.06. The SMILES string of the molecule is Cc1cc(C)cc(NC(=O)c2ccc(C(=O)O[C@@H](C)C(=O)OCc3ccccc3)cc2)c1. The van der Waals surface area contributed by atoms with Crippen molar-refractivity contribution in [3.8, 4) is 0 Å². The van der Waals surface area contributed by atoms with Crippen molar-refractivity contribution in [1.82, 2.24) is 0 Å². The number of ether oxygens (including phenoxy) is 2. The van der Waals surface area contributed by atoms with Crippen LogP contribution in [-0.4, -0.2) is 23.9 Å². The first-order valence-electron chi connectivity index (χ1n) is 10.2. The lowest BCUT2D eigenvalue weighted by atomic mass is 10.1. The van der Waals surface area contributed by atoms with E-state index in [1.165, 1.54) is 31.2 Å². The van der Waals surface area contributed by atoms with E-state index < -0.39 is 18.0 Å². The summed E-state index contributed by atoms with van der Waals surface area (Å²) in [5, 5.41) is 2.85. The largest absolute Gasteiger partial charge is 0.458 e. The van der Waals surface area contributed by atoms with Crippen LogP contribution in [-0.2, 0) is 20.9 Å². The summed E-state index contributed by atoms with van der Waals surface area (Å²) in [6.07, 6.45) is -1.06. The Balaban J connectivity index is 1.54. The summed E-state index contributed by atoms with van der Waals surface area (Å²) in [4.78, 5) is 36.9. The third-order valence-corrected chi connectivity index (χ3v) is 4.70. The zero-order valence-corrected chi connectivity index (χ0v) is 18.3. The summed E-state index contributed by atoms with van der Waals surface area (Å²) >= 11 is 0. The van der Waals surface area contributed by atoms with Crippen LogP contribution in [0, 0.1) is 13.8 Å². The van der Waals surface area contributed by atoms with Crippen LogP contribution in [0.1, 0.15) is 44.3 Å². The molecule has 0 aliphatic rings. The van der Waals surface area contributed by atoms with Crippen LogP contribution in [0.15, 0.2) is 72.8 Å². The normalized spacial score (nSPS) is 11.3. The molecule has 0 bridgehead atoms. The molecule has 6 heteroatoms. The predicted octanol–water partition coefficient (Wildman–Crippen LogP) is 4.84. The van der Waals surface area contributed by atoms with Crippen LogP contribution >= 0.6 is 0 Å². The monoisotopic (exact) mass is 431 g/mol. The topological polar surface area (TPSA) is 81.7 Å². The van der Waals surface area contributed by atoms with Crippen LogP contribution in [0.4, 0.5) is 5.69 Å². The molecular formula is C26H25NO5. The van der Waals surface area contributed by atoms with Crippen LogP contribution in [0.5, 0.6) is 0 Å². The number of carbonyl (C=O) groups is 3. The second-order valence-electron chi connectivity index (χ2n) is 7.55. The minimum Gasteiger partial charge on any atom is -0.458 e. The van der Waals surface area contributed by atoms with Gasteiger partial charge in [0.25, 0.3) is 5.91 Å². The molecule has 1 N–H and O–H groups in total. The van der Waals surface area contributed by atoms with Gasteiger partial charge in [0.15, 0.2) is 6.10 Å². The Morgan fingerprint density at radius 2 is 1.44 bits per heavy atom. The molecule has 0 saturated carbocycles. The number of hydrogen-bond donors (Lipinski definition) is 1. The maximum absolute atomic E-state index is 12.5. The van der Waals surface area contributed by atoms with Gasteiger partial charge in [-0.2, -0.15) is 0 Å². The zero-order valence-electron chi connectivity index (χ0n) is 18.3. The number of nitrogens with one attached hydrogen (secondary N) is 1. The highest BCUT2D eigenvalue weighted by Crippen LogP contribution is 2.16. The number of esters is 2. The van der Waals surface area contributed by atoms with Crippen molar-refractivity contribution < 1.29 is 23.9 Å². The number of aryl methyl sites for hydroxylation is 2. The second kappa shape index (κ2) is 10.4. The molecule has 0 fully saturated rings. The molecule has 3 aromatic rings. The van der Waals surface area contributed by atoms with Crippen molar-refractivity contribution in [2.24, 2.45) is 0 Å². The van der Waals surface area contributed by atoms with Crippen molar-refractivity contribution in [3.05, 3.63) is 101 Å². The Labute approximate surface area is 187 Å². The van der Waals surface area contributed by atoms with Crippen LogP contribution in [0.25, 0.3) is 0 Å². The van der Waals surface area contributed by atoms with E-state index in [1.54, 1.807) is 0 Å². The van der Waals surface area contributed by atoms with Gasteiger partial charge in [0.05, 0.1) is 5.56 Å². The number of hydrogen-bond acceptors (Lipinski definition) is 5. The molecule has 0 spiro atoms. The van der Waals surface area contributed by atoms with E-state index >= 15 is 0 Å². The van der Waals surface area contributed by atoms with Gasteiger partial charge >= 0.3 is 11.9 Å². The molecule has 0 unspecified atom stereocenters. The van der Waals surface area contributed by atoms with Crippen LogP contribution in [0.3, 0.4) is 0 Å². The summed E-state index contributed by atoms with van der Waals surface area (Å²) in [7, 11) is 0. The van der Waals surface area contributed by atoms with Gasteiger partial charge < -0.3 is 14.8 Å². The number of benzene rings is 3. The average Bonchev–Trinajstić information content (AvgIpc) is 2.77. The van der Waals surface area contributed by atoms with E-state index in [-0.39, 0.29) is 18.1 Å². The smallest absolute Gasteiger partial charge is 0.347 e. The number of rotatable bonds is 7. The molecule has 3 rings (SSSR count). The third-order valence-electron chi connectivity index (χ3n) is 4.70. The fourth-order valence-electron chi connectivity index (χ4n) is 3.13. The van der Waals surface area contributed by atoms with Crippen molar-refractivity contribution in [2.45, 2.75) is 33.5 Å². The van der Waals surface area contributed by atoms with Gasteiger partial charge in [0.1, 0.15) is 6.61 Å². The van der Waals surface area contributed by atoms with Crippen molar-refractivity contribution in [2.75, 3.05) is 5.32 Å². The van der Waals surface area contributed by atoms with Crippen LogP contribution < -0.4 is 5.32 Å². The standard InChI is InChI=1S/C26H25NO5/c1-17-13-18(2)15-23(14-17)27-24(28)21-9-11-22(12-10-21)26(30)32-19(3)25(29)31-16-20-7-5-4-6-8-20/h4-15,19H,16H2,1-3H3,(H,27,28)/t19-/m0/s1. The first-order chi connectivity index (χ1) is 15.3. The Hall–Kier alpha value is -3.93. The highest BCUT2D eigenvalue weighted by Gasteiger charge is 2.20. The lowest BCUT2D eigenvalue weighted by Crippen LogP contribution is -2.26. The molecule has 1 amide bonds. The fourth-order valence-corrected chi connectivity index (χ4v) is 3.13. The van der Waals surface area contributed by atoms with Crippen molar-refractivity contribution >= 4 is 23.5 Å². The third kappa shape index (κ3) is 6.28. The van der Waals surface area contributed by atoms with E-state index in [2.05, 4.69) is 5.32 Å². The highest BCUT2D eigenvalue weighted by atomic mass is 16.6. The molecule has 0 heterocycles. The van der Waals surface area contributed by atoms with Gasteiger partial charge in [-0.05, 0) is 73.9 Å². The first-order valence-corrected chi connectivity index (χ1v) is 10.2. The molecule has 32 heavy (non-hydrogen) atoms. The highest BCUT2D eigenvalue weighted by molar-refractivity contribution is 6.05. The maximum Gasteiger partial charge on any atom is 0.347 e. The number of carbonyl (C=O) groups excluding carboxylic acids is 3. The number of amides is 1. The molecule has 0 aliphatic carbocycles. The summed E-state index contributed by atoms with van der Waals surface area (Å²) in [5.74, 6) is -1.59. The average molecular weight is 431 g/mol. The van der Waals surface area contributed by atoms with Gasteiger partial charge in [-0.3, -0.25) is 4.79 Å². The fraction of sp³-hybridized carbons (Fsp3) is 0.192. The Morgan fingerprint density at radius 1 is 0.844 bits per heavy atom. The van der Waals surface area contributed by atoms with Gasteiger partial charge in [-0.15, -0.1) is 0 Å². The van der Waals surface area contributed by atoms with E-state index in [1.807, 2.05) is 62.4 Å². The van der Waals surface area contributed by atoms with E-state index in [0.29, 0.717) is 11.3 Å². The molecule has 1 atom stereocenters. The van der Waals surface area contributed by atoms with Crippen molar-refractivity contribution in [1.29, 1.82) is 0 Å². The summed E-state index contributed by atoms with van der Waals surface area (Å²) in [6.45, 7) is 5.48. The zero-order chi connectivity index (χ0) is 23.1. The summed E-state index contributed by atoms with van der Waals surface area (Å²) < 4.78 is 10.4. The molecule has 0 saturated heterocycles. The predicted molar refractivity (Wildman–Crippen MR) is 121 cm³/mol. The molecular weight excluding hydrogens is 406 g/mol. The molecule has 0 aromatic heterocycles. The van der Waals surface area contributed by atoms with Gasteiger partial charge in [-0.25, -0.2) is 9.59 Å². The Bertz CT molecular complexity index is 1090. The van der Waals surface area contributed by atoms with Gasteiger partial charge in [0.2, 0.25) is 0 Å². The number of anilines is 1. The molecule has 0 aliphatic heterocycles. The quantitative estimate of drug-likeness (QED) is 0.541. The first kappa shape index (κ1) is 22.7. The van der Waals surface area contributed by atoms with Gasteiger partial charge in [-0.1, -0.05) is 36.4 Å². The minimum absolute atomic E-state index is 0.103. The second-order valence-corrected chi connectivity index (χ2v) is 7.55. The lowest BCUT2D eigenvalue weighted by Gasteiger charge is -2.13. The molecule has 3 aromatic carbocycles.